The van der Waals surface area contributed by atoms with Gasteiger partial charge in [-0.1, -0.05) is 0 Å². The molecule has 5 rings (SSSR count). The summed E-state index contributed by atoms with van der Waals surface area (Å²) < 4.78 is 10.9. The first-order chi connectivity index (χ1) is 12.5. The summed E-state index contributed by atoms with van der Waals surface area (Å²) in [6.45, 7) is 5.32. The number of amides is 1. The van der Waals surface area contributed by atoms with Gasteiger partial charge < -0.3 is 14.4 Å². The second-order valence-electron chi connectivity index (χ2n) is 9.44. The lowest BCUT2D eigenvalue weighted by Gasteiger charge is -2.56. The lowest BCUT2D eigenvalue weighted by molar-refractivity contribution is -0.166. The van der Waals surface area contributed by atoms with Crippen LogP contribution in [0.3, 0.4) is 0 Å². The van der Waals surface area contributed by atoms with Gasteiger partial charge in [-0.15, -0.1) is 0 Å². The number of hydrogen-bond acceptors (Lipinski definition) is 4. The predicted molar refractivity (Wildman–Crippen MR) is 97.4 cm³/mol. The van der Waals surface area contributed by atoms with Gasteiger partial charge in [-0.2, -0.15) is 0 Å². The zero-order chi connectivity index (χ0) is 18.3. The first-order valence-electron chi connectivity index (χ1n) is 10.6. The fourth-order valence-corrected chi connectivity index (χ4v) is 6.45. The molecule has 1 aliphatic heterocycles. The van der Waals surface area contributed by atoms with Gasteiger partial charge in [-0.25, -0.2) is 4.79 Å². The Morgan fingerprint density at radius 3 is 2.23 bits per heavy atom. The number of rotatable bonds is 6. The first kappa shape index (κ1) is 18.3. The molecule has 26 heavy (non-hydrogen) atoms. The van der Waals surface area contributed by atoms with Crippen molar-refractivity contribution in [1.29, 1.82) is 0 Å². The Balaban J connectivity index is 1.38. The van der Waals surface area contributed by atoms with Gasteiger partial charge in [-0.3, -0.25) is 4.79 Å². The van der Waals surface area contributed by atoms with Gasteiger partial charge >= 0.3 is 5.97 Å². The van der Waals surface area contributed by atoms with E-state index in [2.05, 4.69) is 0 Å². The van der Waals surface area contributed by atoms with Crippen LogP contribution in [0.4, 0.5) is 0 Å². The molecule has 4 bridgehead atoms. The minimum atomic E-state index is -0.380. The number of nitrogens with zero attached hydrogens (tertiary/aromatic N) is 1. The molecule has 146 valence electrons. The van der Waals surface area contributed by atoms with Crippen LogP contribution in [-0.2, 0) is 19.1 Å². The smallest absolute Gasteiger partial charge is 0.328 e. The minimum absolute atomic E-state index is 0.134. The molecular formula is C21H33NO4. The van der Waals surface area contributed by atoms with E-state index in [0.717, 1.165) is 49.9 Å². The second kappa shape index (κ2) is 7.14. The van der Waals surface area contributed by atoms with Gasteiger partial charge in [0.15, 0.2) is 0 Å². The summed E-state index contributed by atoms with van der Waals surface area (Å²) in [7, 11) is 0. The normalized spacial score (nSPS) is 38.2. The van der Waals surface area contributed by atoms with Crippen LogP contribution < -0.4 is 0 Å². The van der Waals surface area contributed by atoms with Crippen molar-refractivity contribution in [3.05, 3.63) is 0 Å². The zero-order valence-electron chi connectivity index (χ0n) is 16.2. The topological polar surface area (TPSA) is 55.8 Å². The minimum Gasteiger partial charge on any atom is -0.462 e. The summed E-state index contributed by atoms with van der Waals surface area (Å²) in [5, 5.41) is 0. The van der Waals surface area contributed by atoms with E-state index in [9.17, 15) is 9.59 Å². The number of carbonyl (C=O) groups excluding carboxylic acids is 2. The van der Waals surface area contributed by atoms with Crippen molar-refractivity contribution in [3.8, 4) is 0 Å². The SMILES string of the molecule is CC(C)OCCOC(=O)C1CCCN1C(=O)C12CC3CC(CC(C3)C1)C2. The average Bonchev–Trinajstić information content (AvgIpc) is 3.06. The van der Waals surface area contributed by atoms with Gasteiger partial charge in [0.05, 0.1) is 18.1 Å². The molecule has 1 saturated heterocycles. The second-order valence-corrected chi connectivity index (χ2v) is 9.44. The van der Waals surface area contributed by atoms with E-state index >= 15 is 0 Å². The lowest BCUT2D eigenvalue weighted by atomic mass is 9.49. The Kier molecular flexibility index (Phi) is 5.02. The maximum atomic E-state index is 13.5. The van der Waals surface area contributed by atoms with Crippen LogP contribution in [0, 0.1) is 23.2 Å². The van der Waals surface area contributed by atoms with Crippen molar-refractivity contribution in [2.45, 2.75) is 77.4 Å². The molecular weight excluding hydrogens is 330 g/mol. The van der Waals surface area contributed by atoms with Crippen molar-refractivity contribution >= 4 is 11.9 Å². The quantitative estimate of drug-likeness (QED) is 0.537. The molecule has 0 N–H and O–H groups in total. The largest absolute Gasteiger partial charge is 0.462 e. The highest BCUT2D eigenvalue weighted by Crippen LogP contribution is 2.60. The van der Waals surface area contributed by atoms with Crippen molar-refractivity contribution < 1.29 is 19.1 Å². The van der Waals surface area contributed by atoms with Gasteiger partial charge in [0.25, 0.3) is 0 Å². The molecule has 0 aromatic rings. The summed E-state index contributed by atoms with van der Waals surface area (Å²) >= 11 is 0. The van der Waals surface area contributed by atoms with Gasteiger partial charge in [0, 0.05) is 6.54 Å². The van der Waals surface area contributed by atoms with Crippen molar-refractivity contribution in [2.75, 3.05) is 19.8 Å². The van der Waals surface area contributed by atoms with Crippen molar-refractivity contribution in [1.82, 2.24) is 4.90 Å². The summed E-state index contributed by atoms with van der Waals surface area (Å²) in [6.07, 6.45) is 8.92. The Hall–Kier alpha value is -1.10. The molecule has 5 heteroatoms. The van der Waals surface area contributed by atoms with Crippen LogP contribution in [0.2, 0.25) is 0 Å². The number of likely N-dealkylation sites (tertiary alicyclic amines) is 1. The molecule has 4 saturated carbocycles. The number of ether oxygens (including phenoxy) is 2. The Bertz CT molecular complexity index is 523. The molecule has 5 fully saturated rings. The third-order valence-electron chi connectivity index (χ3n) is 7.06. The van der Waals surface area contributed by atoms with Crippen LogP contribution in [0.5, 0.6) is 0 Å². The Morgan fingerprint density at radius 1 is 1.04 bits per heavy atom. The summed E-state index contributed by atoms with van der Waals surface area (Å²) in [4.78, 5) is 28.0. The van der Waals surface area contributed by atoms with Crippen LogP contribution >= 0.6 is 0 Å². The van der Waals surface area contributed by atoms with E-state index < -0.39 is 0 Å². The molecule has 0 spiro atoms. The highest BCUT2D eigenvalue weighted by molar-refractivity contribution is 5.89. The van der Waals surface area contributed by atoms with E-state index in [-0.39, 0.29) is 36.0 Å². The first-order valence-corrected chi connectivity index (χ1v) is 10.6. The molecule has 4 aliphatic carbocycles. The number of carbonyl (C=O) groups is 2. The Labute approximate surface area is 156 Å². The van der Waals surface area contributed by atoms with Crippen LogP contribution in [0.1, 0.15) is 65.2 Å². The van der Waals surface area contributed by atoms with Gasteiger partial charge in [-0.05, 0) is 83.0 Å². The highest BCUT2D eigenvalue weighted by atomic mass is 16.6. The summed E-state index contributed by atoms with van der Waals surface area (Å²) in [5.41, 5.74) is -0.168. The Morgan fingerprint density at radius 2 is 1.65 bits per heavy atom. The molecule has 1 atom stereocenters. The number of hydrogen-bond donors (Lipinski definition) is 0. The van der Waals surface area contributed by atoms with E-state index in [1.165, 1.54) is 19.3 Å². The predicted octanol–water partition coefficient (Wildman–Crippen LogP) is 3.16. The lowest BCUT2D eigenvalue weighted by Crippen LogP contribution is -2.56. The van der Waals surface area contributed by atoms with Gasteiger partial charge in [0.2, 0.25) is 5.91 Å². The third-order valence-corrected chi connectivity index (χ3v) is 7.06. The molecule has 0 aromatic carbocycles. The monoisotopic (exact) mass is 363 g/mol. The van der Waals surface area contributed by atoms with Crippen molar-refractivity contribution in [2.24, 2.45) is 23.2 Å². The molecule has 1 amide bonds. The molecule has 5 aliphatic rings. The maximum absolute atomic E-state index is 13.5. The van der Waals surface area contributed by atoms with Crippen LogP contribution in [0.15, 0.2) is 0 Å². The number of esters is 1. The summed E-state index contributed by atoms with van der Waals surface area (Å²) in [5.74, 6) is 2.24. The molecule has 0 aromatic heterocycles. The van der Waals surface area contributed by atoms with Crippen LogP contribution in [-0.4, -0.2) is 48.7 Å². The van der Waals surface area contributed by atoms with E-state index in [4.69, 9.17) is 9.47 Å². The zero-order valence-corrected chi connectivity index (χ0v) is 16.2. The summed E-state index contributed by atoms with van der Waals surface area (Å²) in [6, 6.07) is -0.380. The average molecular weight is 363 g/mol. The molecule has 5 nitrogen and oxygen atoms in total. The van der Waals surface area contributed by atoms with Crippen molar-refractivity contribution in [3.63, 3.8) is 0 Å². The molecule has 1 unspecified atom stereocenters. The van der Waals surface area contributed by atoms with E-state index in [1.807, 2.05) is 18.7 Å². The molecule has 0 radical (unpaired) electrons. The van der Waals surface area contributed by atoms with Gasteiger partial charge in [0.1, 0.15) is 12.6 Å². The fourth-order valence-electron chi connectivity index (χ4n) is 6.45. The standard InChI is InChI=1S/C21H33NO4/c1-14(2)25-6-7-26-19(23)18-4-3-5-22(18)20(24)21-11-15-8-16(12-21)10-17(9-15)13-21/h14-18H,3-13H2,1-2H3. The van der Waals surface area contributed by atoms with Crippen LogP contribution in [0.25, 0.3) is 0 Å². The molecule has 1 heterocycles. The van der Waals surface area contributed by atoms with E-state index in [1.54, 1.807) is 0 Å². The third kappa shape index (κ3) is 3.39. The maximum Gasteiger partial charge on any atom is 0.328 e. The fraction of sp³-hybridized carbons (Fsp3) is 0.905. The van der Waals surface area contributed by atoms with E-state index in [0.29, 0.717) is 13.2 Å². The highest BCUT2D eigenvalue weighted by Gasteiger charge is 2.56.